The van der Waals surface area contributed by atoms with Crippen molar-refractivity contribution in [3.63, 3.8) is 0 Å². The maximum atomic E-state index is 12.5. The van der Waals surface area contributed by atoms with E-state index in [1.54, 1.807) is 25.4 Å². The van der Waals surface area contributed by atoms with E-state index < -0.39 is 10.0 Å². The molecule has 5 rings (SSSR count). The molecule has 3 aromatic rings. The summed E-state index contributed by atoms with van der Waals surface area (Å²) in [5, 5.41) is 6.64. The molecule has 0 atom stereocenters. The van der Waals surface area contributed by atoms with Crippen LogP contribution in [0.1, 0.15) is 18.1 Å². The summed E-state index contributed by atoms with van der Waals surface area (Å²) in [7, 11) is 1.69. The molecule has 0 spiro atoms. The molecule has 2 aliphatic rings. The number of anilines is 6. The average molecular weight is 598 g/mol. The van der Waals surface area contributed by atoms with Crippen LogP contribution in [0.3, 0.4) is 0 Å². The van der Waals surface area contributed by atoms with Crippen LogP contribution in [0.25, 0.3) is 0 Å². The number of nitrogens with zero attached hydrogens (tertiary/aromatic N) is 5. The Labute approximate surface area is 247 Å². The van der Waals surface area contributed by atoms with E-state index in [1.807, 2.05) is 6.92 Å². The van der Waals surface area contributed by atoms with Gasteiger partial charge in [-0.25, -0.2) is 13.4 Å². The summed E-state index contributed by atoms with van der Waals surface area (Å²) in [4.78, 5) is 14.0. The van der Waals surface area contributed by atoms with Gasteiger partial charge in [0.05, 0.1) is 24.7 Å². The lowest BCUT2D eigenvalue weighted by Gasteiger charge is -2.35. The van der Waals surface area contributed by atoms with Gasteiger partial charge in [0.25, 0.3) is 0 Å². The van der Waals surface area contributed by atoms with Gasteiger partial charge < -0.3 is 34.6 Å². The lowest BCUT2D eigenvalue weighted by molar-refractivity contribution is 0.172. The highest BCUT2D eigenvalue weighted by Gasteiger charge is 2.27. The predicted molar refractivity (Wildman–Crippen MR) is 166 cm³/mol. The smallest absolute Gasteiger partial charge is 0.232 e. The third kappa shape index (κ3) is 6.12. The first kappa shape index (κ1) is 29.5. The fourth-order valence-corrected chi connectivity index (χ4v) is 5.58. The van der Waals surface area contributed by atoms with E-state index in [4.69, 9.17) is 19.2 Å². The van der Waals surface area contributed by atoms with Crippen LogP contribution in [0.5, 0.6) is 17.2 Å². The lowest BCUT2D eigenvalue weighted by Crippen LogP contribution is -2.44. The molecule has 1 aromatic heterocycles. The summed E-state index contributed by atoms with van der Waals surface area (Å²) in [5.41, 5.74) is 4.77. The second-order valence-corrected chi connectivity index (χ2v) is 12.5. The maximum Gasteiger partial charge on any atom is 0.232 e. The molecule has 0 radical (unpaired) electrons. The van der Waals surface area contributed by atoms with Crippen molar-refractivity contribution in [1.29, 1.82) is 0 Å². The van der Waals surface area contributed by atoms with Gasteiger partial charge in [0.15, 0.2) is 11.5 Å². The number of hydrogen-bond donors (Lipinski definition) is 2. The molecular formula is C29H39N7O5S. The fraction of sp³-hybridized carbons (Fsp3) is 0.448. The van der Waals surface area contributed by atoms with Crippen molar-refractivity contribution in [2.45, 2.75) is 20.3 Å². The molecule has 3 heterocycles. The molecule has 13 heteroatoms. The van der Waals surface area contributed by atoms with E-state index in [-0.39, 0.29) is 0 Å². The molecule has 226 valence electrons. The van der Waals surface area contributed by atoms with Crippen LogP contribution in [0.15, 0.2) is 30.5 Å². The minimum absolute atomic E-state index is 0.316. The Morgan fingerprint density at radius 3 is 2.50 bits per heavy atom. The van der Waals surface area contributed by atoms with Crippen molar-refractivity contribution in [2.24, 2.45) is 0 Å². The van der Waals surface area contributed by atoms with Gasteiger partial charge in [-0.3, -0.25) is 4.31 Å². The SMILES string of the molecule is CCc1cc(Nc2ncc(C)c(Nc3ccc4c(c3N(C)S(C)(=O)=O)OCCO4)n2)c(OC)cc1N1CCN(C)CC1. The number of methoxy groups -OCH3 is 1. The van der Waals surface area contributed by atoms with E-state index in [1.165, 1.54) is 22.6 Å². The van der Waals surface area contributed by atoms with E-state index >= 15 is 0 Å². The van der Waals surface area contributed by atoms with Crippen molar-refractivity contribution < 1.29 is 22.6 Å². The number of nitrogens with one attached hydrogen (secondary N) is 2. The predicted octanol–water partition coefficient (Wildman–Crippen LogP) is 3.76. The molecule has 0 bridgehead atoms. The van der Waals surface area contributed by atoms with Gasteiger partial charge >= 0.3 is 0 Å². The number of fused-ring (bicyclic) bond motifs is 1. The lowest BCUT2D eigenvalue weighted by atomic mass is 10.1. The molecule has 0 aliphatic carbocycles. The van der Waals surface area contributed by atoms with Crippen molar-refractivity contribution >= 4 is 44.5 Å². The van der Waals surface area contributed by atoms with Crippen molar-refractivity contribution in [2.75, 3.05) is 86.7 Å². The van der Waals surface area contributed by atoms with E-state index in [2.05, 4.69) is 51.5 Å². The van der Waals surface area contributed by atoms with Crippen molar-refractivity contribution in [3.8, 4) is 17.2 Å². The zero-order valence-electron chi connectivity index (χ0n) is 25.0. The van der Waals surface area contributed by atoms with Gasteiger partial charge in [-0.05, 0) is 44.2 Å². The van der Waals surface area contributed by atoms with Crippen LogP contribution in [-0.2, 0) is 16.4 Å². The molecule has 12 nitrogen and oxygen atoms in total. The minimum atomic E-state index is -3.60. The molecule has 0 saturated carbocycles. The van der Waals surface area contributed by atoms with Crippen LogP contribution in [-0.4, -0.2) is 90.1 Å². The van der Waals surface area contributed by atoms with E-state index in [0.717, 1.165) is 50.1 Å². The van der Waals surface area contributed by atoms with Gasteiger partial charge in [0.2, 0.25) is 16.0 Å². The first-order valence-corrected chi connectivity index (χ1v) is 15.8. The second-order valence-electron chi connectivity index (χ2n) is 10.5. The Balaban J connectivity index is 1.47. The number of aryl methyl sites for hydroxylation is 2. The van der Waals surface area contributed by atoms with Crippen molar-refractivity contribution in [3.05, 3.63) is 41.6 Å². The molecule has 2 N–H and O–H groups in total. The summed E-state index contributed by atoms with van der Waals surface area (Å²) >= 11 is 0. The molecular weight excluding hydrogens is 558 g/mol. The topological polar surface area (TPSA) is 121 Å². The molecule has 2 aliphatic heterocycles. The third-order valence-corrected chi connectivity index (χ3v) is 8.77. The maximum absolute atomic E-state index is 12.5. The number of likely N-dealkylation sites (N-methyl/N-ethyl adjacent to an activating group) is 1. The molecule has 0 unspecified atom stereocenters. The Bertz CT molecular complexity index is 1560. The van der Waals surface area contributed by atoms with Crippen LogP contribution >= 0.6 is 0 Å². The van der Waals surface area contributed by atoms with E-state index in [9.17, 15) is 8.42 Å². The normalized spacial score (nSPS) is 15.3. The zero-order valence-corrected chi connectivity index (χ0v) is 25.8. The number of hydrogen-bond acceptors (Lipinski definition) is 11. The van der Waals surface area contributed by atoms with Crippen LogP contribution < -0.4 is 34.0 Å². The van der Waals surface area contributed by atoms with Crippen LogP contribution in [0.2, 0.25) is 0 Å². The first-order chi connectivity index (χ1) is 20.1. The summed E-state index contributed by atoms with van der Waals surface area (Å²) in [6, 6.07) is 7.70. The minimum Gasteiger partial charge on any atom is -0.494 e. The van der Waals surface area contributed by atoms with Crippen LogP contribution in [0.4, 0.5) is 34.5 Å². The number of rotatable bonds is 9. The fourth-order valence-electron chi connectivity index (χ4n) is 5.06. The van der Waals surface area contributed by atoms with Gasteiger partial charge in [-0.15, -0.1) is 0 Å². The second kappa shape index (κ2) is 12.1. The third-order valence-electron chi connectivity index (χ3n) is 7.59. The summed E-state index contributed by atoms with van der Waals surface area (Å²) < 4.78 is 43.6. The van der Waals surface area contributed by atoms with Gasteiger partial charge in [-0.2, -0.15) is 4.98 Å². The first-order valence-electron chi connectivity index (χ1n) is 14.0. The standard InChI is InChI=1S/C29H39N7O5S/c1-7-20-16-22(25(39-5)17-23(20)36-12-10-34(3)11-13-36)32-29-30-18-19(2)28(33-29)31-21-8-9-24-27(41-15-14-40-24)26(21)35(4)42(6,37)38/h8-9,16-18H,7,10-15H2,1-6H3,(H2,30,31,32,33). The number of aromatic nitrogens is 2. The molecule has 42 heavy (non-hydrogen) atoms. The molecule has 1 saturated heterocycles. The number of sulfonamides is 1. The van der Waals surface area contributed by atoms with Gasteiger partial charge in [0, 0.05) is 56.7 Å². The van der Waals surface area contributed by atoms with E-state index in [0.29, 0.717) is 53.6 Å². The summed E-state index contributed by atoms with van der Waals surface area (Å²) in [5.74, 6) is 2.42. The van der Waals surface area contributed by atoms with Crippen molar-refractivity contribution in [1.82, 2.24) is 14.9 Å². The average Bonchev–Trinajstić information content (AvgIpc) is 2.98. The Hall–Kier alpha value is -3.97. The highest BCUT2D eigenvalue weighted by Crippen LogP contribution is 2.46. The zero-order chi connectivity index (χ0) is 30.0. The molecule has 0 amide bonds. The Morgan fingerprint density at radius 2 is 1.81 bits per heavy atom. The molecule has 1 fully saturated rings. The Morgan fingerprint density at radius 1 is 1.07 bits per heavy atom. The number of piperazine rings is 1. The largest absolute Gasteiger partial charge is 0.494 e. The quantitative estimate of drug-likeness (QED) is 0.375. The monoisotopic (exact) mass is 597 g/mol. The molecule has 2 aromatic carbocycles. The van der Waals surface area contributed by atoms with Crippen LogP contribution in [0, 0.1) is 6.92 Å². The summed E-state index contributed by atoms with van der Waals surface area (Å²) in [6.07, 6.45) is 3.72. The van der Waals surface area contributed by atoms with Gasteiger partial charge in [0.1, 0.15) is 30.5 Å². The summed E-state index contributed by atoms with van der Waals surface area (Å²) in [6.45, 7) is 8.70. The Kier molecular flexibility index (Phi) is 8.50. The van der Waals surface area contributed by atoms with Gasteiger partial charge in [-0.1, -0.05) is 6.92 Å². The highest BCUT2D eigenvalue weighted by atomic mass is 32.2. The number of ether oxygens (including phenoxy) is 3. The highest BCUT2D eigenvalue weighted by molar-refractivity contribution is 7.92. The number of benzene rings is 2.